The van der Waals surface area contributed by atoms with Gasteiger partial charge < -0.3 is 15.4 Å². The SMILES string of the molecule is CCOCCC1(CNC(=NC)NC(C)Cc2c(C)nn(C)c2C)CC1. The molecule has 1 fully saturated rings. The van der Waals surface area contributed by atoms with Crippen molar-refractivity contribution in [3.63, 3.8) is 0 Å². The van der Waals surface area contributed by atoms with E-state index in [-0.39, 0.29) is 0 Å². The minimum Gasteiger partial charge on any atom is -0.382 e. The molecular formula is C19H35N5O. The van der Waals surface area contributed by atoms with Gasteiger partial charge in [0.1, 0.15) is 0 Å². The Morgan fingerprint density at radius 3 is 2.64 bits per heavy atom. The largest absolute Gasteiger partial charge is 0.382 e. The minimum absolute atomic E-state index is 0.298. The summed E-state index contributed by atoms with van der Waals surface area (Å²) in [5.41, 5.74) is 4.09. The predicted molar refractivity (Wildman–Crippen MR) is 103 cm³/mol. The van der Waals surface area contributed by atoms with E-state index < -0.39 is 0 Å². The molecule has 0 aliphatic heterocycles. The Morgan fingerprint density at radius 1 is 1.40 bits per heavy atom. The number of guanidine groups is 1. The van der Waals surface area contributed by atoms with E-state index in [1.165, 1.54) is 24.1 Å². The van der Waals surface area contributed by atoms with E-state index >= 15 is 0 Å². The predicted octanol–water partition coefficient (Wildman–Crippen LogP) is 2.34. The lowest BCUT2D eigenvalue weighted by Crippen LogP contribution is -2.45. The molecule has 0 amide bonds. The van der Waals surface area contributed by atoms with Crippen molar-refractivity contribution >= 4 is 5.96 Å². The van der Waals surface area contributed by atoms with Crippen molar-refractivity contribution in [2.75, 3.05) is 26.8 Å². The van der Waals surface area contributed by atoms with E-state index in [4.69, 9.17) is 4.74 Å². The summed E-state index contributed by atoms with van der Waals surface area (Å²) in [6, 6.07) is 0.298. The molecule has 1 heterocycles. The highest BCUT2D eigenvalue weighted by atomic mass is 16.5. The lowest BCUT2D eigenvalue weighted by Gasteiger charge is -2.21. The van der Waals surface area contributed by atoms with Crippen LogP contribution in [0.3, 0.4) is 0 Å². The first-order chi connectivity index (χ1) is 11.9. The molecule has 0 radical (unpaired) electrons. The number of hydrogen-bond donors (Lipinski definition) is 2. The summed E-state index contributed by atoms with van der Waals surface area (Å²) < 4.78 is 7.47. The van der Waals surface area contributed by atoms with Crippen LogP contribution in [0.2, 0.25) is 0 Å². The molecule has 6 nitrogen and oxygen atoms in total. The topological polar surface area (TPSA) is 63.5 Å². The molecule has 25 heavy (non-hydrogen) atoms. The Balaban J connectivity index is 1.81. The maximum absolute atomic E-state index is 5.52. The summed E-state index contributed by atoms with van der Waals surface area (Å²) >= 11 is 0. The average molecular weight is 350 g/mol. The normalized spacial score (nSPS) is 17.4. The molecule has 6 heteroatoms. The Hall–Kier alpha value is -1.56. The molecule has 1 aromatic rings. The molecule has 1 unspecified atom stereocenters. The van der Waals surface area contributed by atoms with Crippen LogP contribution in [0.5, 0.6) is 0 Å². The van der Waals surface area contributed by atoms with E-state index in [0.717, 1.165) is 44.3 Å². The van der Waals surface area contributed by atoms with Crippen LogP contribution in [0.25, 0.3) is 0 Å². The molecule has 0 bridgehead atoms. The zero-order valence-corrected chi connectivity index (χ0v) is 16.8. The van der Waals surface area contributed by atoms with Gasteiger partial charge in [-0.1, -0.05) is 0 Å². The summed E-state index contributed by atoms with van der Waals surface area (Å²) in [6.07, 6.45) is 4.65. The van der Waals surface area contributed by atoms with Crippen molar-refractivity contribution in [1.82, 2.24) is 20.4 Å². The lowest BCUT2D eigenvalue weighted by atomic mass is 10.0. The number of ether oxygens (including phenoxy) is 1. The van der Waals surface area contributed by atoms with Gasteiger partial charge in [0, 0.05) is 45.6 Å². The summed E-state index contributed by atoms with van der Waals surface area (Å²) in [4.78, 5) is 4.39. The van der Waals surface area contributed by atoms with Crippen LogP contribution in [0, 0.1) is 19.3 Å². The molecule has 0 aromatic carbocycles. The highest BCUT2D eigenvalue weighted by Gasteiger charge is 2.42. The van der Waals surface area contributed by atoms with Gasteiger partial charge in [0.05, 0.1) is 5.69 Å². The zero-order chi connectivity index (χ0) is 18.4. The van der Waals surface area contributed by atoms with Crippen molar-refractivity contribution in [2.45, 2.75) is 59.4 Å². The summed E-state index contributed by atoms with van der Waals surface area (Å²) in [5.74, 6) is 0.884. The first kappa shape index (κ1) is 19.8. The van der Waals surface area contributed by atoms with E-state index in [1.54, 1.807) is 0 Å². The summed E-state index contributed by atoms with van der Waals surface area (Å²) in [6.45, 7) is 11.1. The standard InChI is InChI=1S/C19H35N5O/c1-7-25-11-10-19(8-9-19)13-21-18(20-5)22-14(2)12-17-15(3)23-24(6)16(17)4/h14H,7-13H2,1-6H3,(H2,20,21,22). The van der Waals surface area contributed by atoms with E-state index in [1.807, 2.05) is 18.8 Å². The van der Waals surface area contributed by atoms with E-state index in [0.29, 0.717) is 11.5 Å². The van der Waals surface area contributed by atoms with Crippen molar-refractivity contribution in [2.24, 2.45) is 17.5 Å². The minimum atomic E-state index is 0.298. The monoisotopic (exact) mass is 349 g/mol. The van der Waals surface area contributed by atoms with Crippen molar-refractivity contribution in [1.29, 1.82) is 0 Å². The third kappa shape index (κ3) is 5.46. The fraction of sp³-hybridized carbons (Fsp3) is 0.789. The Bertz CT molecular complexity index is 589. The molecule has 1 aromatic heterocycles. The number of hydrogen-bond acceptors (Lipinski definition) is 3. The van der Waals surface area contributed by atoms with Gasteiger partial charge in [-0.2, -0.15) is 5.10 Å². The molecule has 1 aliphatic rings. The number of nitrogens with zero attached hydrogens (tertiary/aromatic N) is 3. The highest BCUT2D eigenvalue weighted by molar-refractivity contribution is 5.80. The summed E-state index contributed by atoms with van der Waals surface area (Å²) in [7, 11) is 3.84. The van der Waals surface area contributed by atoms with Crippen LogP contribution < -0.4 is 10.6 Å². The number of rotatable bonds is 9. The fourth-order valence-electron chi connectivity index (χ4n) is 3.29. The molecule has 1 atom stereocenters. The number of aryl methyl sites for hydroxylation is 2. The Morgan fingerprint density at radius 2 is 2.12 bits per heavy atom. The first-order valence-corrected chi connectivity index (χ1v) is 9.45. The van der Waals surface area contributed by atoms with Gasteiger partial charge in [-0.05, 0) is 64.4 Å². The molecular weight excluding hydrogens is 314 g/mol. The van der Waals surface area contributed by atoms with Gasteiger partial charge in [0.25, 0.3) is 0 Å². The number of nitrogens with one attached hydrogen (secondary N) is 2. The second kappa shape index (κ2) is 8.70. The third-order valence-electron chi connectivity index (χ3n) is 5.34. The molecule has 0 saturated heterocycles. The van der Waals surface area contributed by atoms with Crippen molar-refractivity contribution in [3.05, 3.63) is 17.0 Å². The summed E-state index contributed by atoms with van der Waals surface area (Å²) in [5, 5.41) is 11.5. The molecule has 1 saturated carbocycles. The third-order valence-corrected chi connectivity index (χ3v) is 5.34. The van der Waals surface area contributed by atoms with Crippen molar-refractivity contribution < 1.29 is 4.74 Å². The van der Waals surface area contributed by atoms with Crippen LogP contribution in [-0.2, 0) is 18.2 Å². The van der Waals surface area contributed by atoms with Crippen LogP contribution in [0.15, 0.2) is 4.99 Å². The lowest BCUT2D eigenvalue weighted by molar-refractivity contribution is 0.128. The van der Waals surface area contributed by atoms with Gasteiger partial charge in [0.15, 0.2) is 5.96 Å². The maximum Gasteiger partial charge on any atom is 0.191 e. The number of aromatic nitrogens is 2. The average Bonchev–Trinajstić information content (AvgIpc) is 3.31. The van der Waals surface area contributed by atoms with Crippen LogP contribution in [-0.4, -0.2) is 48.6 Å². The zero-order valence-electron chi connectivity index (χ0n) is 16.8. The second-order valence-corrected chi connectivity index (χ2v) is 7.40. The van der Waals surface area contributed by atoms with Gasteiger partial charge >= 0.3 is 0 Å². The van der Waals surface area contributed by atoms with Crippen LogP contribution in [0.1, 0.15) is 50.1 Å². The van der Waals surface area contributed by atoms with E-state index in [9.17, 15) is 0 Å². The van der Waals surface area contributed by atoms with Crippen molar-refractivity contribution in [3.8, 4) is 0 Å². The molecule has 2 rings (SSSR count). The quantitative estimate of drug-likeness (QED) is 0.408. The van der Waals surface area contributed by atoms with Gasteiger partial charge in [-0.3, -0.25) is 9.67 Å². The van der Waals surface area contributed by atoms with Crippen LogP contribution in [0.4, 0.5) is 0 Å². The second-order valence-electron chi connectivity index (χ2n) is 7.40. The van der Waals surface area contributed by atoms with Gasteiger partial charge in [-0.25, -0.2) is 0 Å². The fourth-order valence-corrected chi connectivity index (χ4v) is 3.29. The Labute approximate surface area is 152 Å². The maximum atomic E-state index is 5.52. The highest BCUT2D eigenvalue weighted by Crippen LogP contribution is 2.48. The molecule has 142 valence electrons. The van der Waals surface area contributed by atoms with Gasteiger partial charge in [0.2, 0.25) is 0 Å². The van der Waals surface area contributed by atoms with Crippen LogP contribution >= 0.6 is 0 Å². The van der Waals surface area contributed by atoms with Gasteiger partial charge in [-0.15, -0.1) is 0 Å². The van der Waals surface area contributed by atoms with E-state index in [2.05, 4.69) is 48.4 Å². The smallest absolute Gasteiger partial charge is 0.191 e. The molecule has 2 N–H and O–H groups in total. The molecule has 1 aliphatic carbocycles. The first-order valence-electron chi connectivity index (χ1n) is 9.45. The Kier molecular flexibility index (Phi) is 6.87. The molecule has 0 spiro atoms. The number of aliphatic imine (C=N–C) groups is 1.